The van der Waals surface area contributed by atoms with E-state index in [-0.39, 0.29) is 5.91 Å². The SMILES string of the molecule is Cc1cccc(Cn2nccc2NC(=O)c2cc(C)n(-c3ccccc3)n2)c1. The van der Waals surface area contributed by atoms with Crippen molar-refractivity contribution in [3.05, 3.63) is 95.4 Å². The number of hydrogen-bond acceptors (Lipinski definition) is 3. The molecule has 0 radical (unpaired) electrons. The van der Waals surface area contributed by atoms with Crippen LogP contribution in [0.2, 0.25) is 0 Å². The van der Waals surface area contributed by atoms with Crippen LogP contribution >= 0.6 is 0 Å². The predicted molar refractivity (Wildman–Crippen MR) is 109 cm³/mol. The van der Waals surface area contributed by atoms with Crippen molar-refractivity contribution in [1.82, 2.24) is 19.6 Å². The molecule has 0 saturated carbocycles. The normalized spacial score (nSPS) is 10.8. The van der Waals surface area contributed by atoms with Crippen molar-refractivity contribution in [2.45, 2.75) is 20.4 Å². The number of carbonyl (C=O) groups excluding carboxylic acids is 1. The molecule has 4 rings (SSSR count). The monoisotopic (exact) mass is 371 g/mol. The Balaban J connectivity index is 1.53. The lowest BCUT2D eigenvalue weighted by atomic mass is 10.1. The molecule has 0 aliphatic heterocycles. The molecule has 6 nitrogen and oxygen atoms in total. The van der Waals surface area contributed by atoms with Gasteiger partial charge in [-0.25, -0.2) is 9.36 Å². The topological polar surface area (TPSA) is 64.7 Å². The van der Waals surface area contributed by atoms with Gasteiger partial charge in [0.05, 0.1) is 18.4 Å². The van der Waals surface area contributed by atoms with Gasteiger partial charge in [0, 0.05) is 11.8 Å². The number of aromatic nitrogens is 4. The molecule has 0 spiro atoms. The Morgan fingerprint density at radius 1 is 1.00 bits per heavy atom. The van der Waals surface area contributed by atoms with Crippen LogP contribution in [0.5, 0.6) is 0 Å². The van der Waals surface area contributed by atoms with Crippen LogP contribution in [0, 0.1) is 13.8 Å². The van der Waals surface area contributed by atoms with Gasteiger partial charge >= 0.3 is 0 Å². The van der Waals surface area contributed by atoms with E-state index in [4.69, 9.17) is 0 Å². The van der Waals surface area contributed by atoms with E-state index < -0.39 is 0 Å². The smallest absolute Gasteiger partial charge is 0.277 e. The molecule has 0 saturated heterocycles. The van der Waals surface area contributed by atoms with Crippen LogP contribution in [0.15, 0.2) is 72.9 Å². The molecule has 2 aromatic heterocycles. The van der Waals surface area contributed by atoms with Crippen LogP contribution in [0.4, 0.5) is 5.82 Å². The van der Waals surface area contributed by atoms with Gasteiger partial charge in [-0.3, -0.25) is 4.79 Å². The minimum atomic E-state index is -0.260. The molecule has 140 valence electrons. The van der Waals surface area contributed by atoms with Gasteiger partial charge in [0.15, 0.2) is 5.69 Å². The summed E-state index contributed by atoms with van der Waals surface area (Å²) in [6.45, 7) is 4.57. The third-order valence-corrected chi connectivity index (χ3v) is 4.49. The van der Waals surface area contributed by atoms with Crippen LogP contribution in [-0.2, 0) is 6.54 Å². The summed E-state index contributed by atoms with van der Waals surface area (Å²) in [5, 5.41) is 11.7. The summed E-state index contributed by atoms with van der Waals surface area (Å²) < 4.78 is 3.53. The number of nitrogens with one attached hydrogen (secondary N) is 1. The van der Waals surface area contributed by atoms with Gasteiger partial charge in [-0.05, 0) is 37.6 Å². The second-order valence-corrected chi connectivity index (χ2v) is 6.74. The van der Waals surface area contributed by atoms with Gasteiger partial charge in [0.25, 0.3) is 5.91 Å². The van der Waals surface area contributed by atoms with Crippen molar-refractivity contribution in [3.8, 4) is 5.69 Å². The number of rotatable bonds is 5. The Morgan fingerprint density at radius 2 is 1.82 bits per heavy atom. The first-order chi connectivity index (χ1) is 13.6. The summed E-state index contributed by atoms with van der Waals surface area (Å²) >= 11 is 0. The molecular weight excluding hydrogens is 350 g/mol. The van der Waals surface area contributed by atoms with Crippen molar-refractivity contribution < 1.29 is 4.79 Å². The van der Waals surface area contributed by atoms with Crippen molar-refractivity contribution >= 4 is 11.7 Å². The van der Waals surface area contributed by atoms with Crippen molar-refractivity contribution in [2.24, 2.45) is 0 Å². The quantitative estimate of drug-likeness (QED) is 0.577. The van der Waals surface area contributed by atoms with Crippen LogP contribution in [0.25, 0.3) is 5.69 Å². The van der Waals surface area contributed by atoms with Crippen LogP contribution in [0.3, 0.4) is 0 Å². The molecule has 0 aliphatic carbocycles. The number of hydrogen-bond donors (Lipinski definition) is 1. The van der Waals surface area contributed by atoms with Crippen molar-refractivity contribution in [3.63, 3.8) is 0 Å². The summed E-state index contributed by atoms with van der Waals surface area (Å²) in [7, 11) is 0. The first-order valence-corrected chi connectivity index (χ1v) is 9.11. The highest BCUT2D eigenvalue weighted by Crippen LogP contribution is 2.15. The maximum Gasteiger partial charge on any atom is 0.277 e. The number of amides is 1. The lowest BCUT2D eigenvalue weighted by molar-refractivity contribution is 0.102. The second-order valence-electron chi connectivity index (χ2n) is 6.74. The Labute approximate surface area is 163 Å². The summed E-state index contributed by atoms with van der Waals surface area (Å²) in [5.41, 5.74) is 4.50. The van der Waals surface area contributed by atoms with Crippen LogP contribution in [-0.4, -0.2) is 25.5 Å². The first-order valence-electron chi connectivity index (χ1n) is 9.11. The molecule has 0 bridgehead atoms. The molecule has 0 atom stereocenters. The third kappa shape index (κ3) is 3.71. The molecule has 0 aliphatic rings. The lowest BCUT2D eigenvalue weighted by Gasteiger charge is -2.09. The molecule has 4 aromatic rings. The fourth-order valence-electron chi connectivity index (χ4n) is 3.14. The van der Waals surface area contributed by atoms with E-state index in [0.717, 1.165) is 16.9 Å². The average Bonchev–Trinajstić information content (AvgIpc) is 3.29. The average molecular weight is 371 g/mol. The van der Waals surface area contributed by atoms with E-state index in [1.807, 2.05) is 49.4 Å². The van der Waals surface area contributed by atoms with Gasteiger partial charge in [0.1, 0.15) is 5.82 Å². The largest absolute Gasteiger partial charge is 0.305 e. The first kappa shape index (κ1) is 17.7. The molecule has 2 aromatic carbocycles. The molecule has 0 unspecified atom stereocenters. The third-order valence-electron chi connectivity index (χ3n) is 4.49. The Hall–Kier alpha value is -3.67. The Morgan fingerprint density at radius 3 is 2.61 bits per heavy atom. The van der Waals surface area contributed by atoms with E-state index in [1.54, 1.807) is 27.7 Å². The van der Waals surface area contributed by atoms with Gasteiger partial charge in [0.2, 0.25) is 0 Å². The number of aryl methyl sites for hydroxylation is 2. The zero-order valence-corrected chi connectivity index (χ0v) is 15.8. The summed E-state index contributed by atoms with van der Waals surface area (Å²) in [4.78, 5) is 12.7. The molecule has 2 heterocycles. The highest BCUT2D eigenvalue weighted by atomic mass is 16.2. The summed E-state index contributed by atoms with van der Waals surface area (Å²) in [6.07, 6.45) is 1.68. The molecule has 6 heteroatoms. The van der Waals surface area contributed by atoms with Crippen molar-refractivity contribution in [2.75, 3.05) is 5.32 Å². The van der Waals surface area contributed by atoms with Crippen LogP contribution in [0.1, 0.15) is 27.3 Å². The van der Waals surface area contributed by atoms with Crippen molar-refractivity contribution in [1.29, 1.82) is 0 Å². The van der Waals surface area contributed by atoms with E-state index in [9.17, 15) is 4.79 Å². The lowest BCUT2D eigenvalue weighted by Crippen LogP contribution is -2.17. The maximum atomic E-state index is 12.7. The number of nitrogens with zero attached hydrogens (tertiary/aromatic N) is 4. The van der Waals surface area contributed by atoms with E-state index in [2.05, 4.69) is 34.6 Å². The molecule has 28 heavy (non-hydrogen) atoms. The highest BCUT2D eigenvalue weighted by Gasteiger charge is 2.15. The van der Waals surface area contributed by atoms with E-state index in [1.165, 1.54) is 5.56 Å². The zero-order valence-electron chi connectivity index (χ0n) is 15.8. The number of para-hydroxylation sites is 1. The summed E-state index contributed by atoms with van der Waals surface area (Å²) in [6, 6.07) is 21.6. The highest BCUT2D eigenvalue weighted by molar-refractivity contribution is 6.02. The van der Waals surface area contributed by atoms with E-state index in [0.29, 0.717) is 18.1 Å². The van der Waals surface area contributed by atoms with Gasteiger partial charge in [-0.2, -0.15) is 10.2 Å². The Bertz CT molecular complexity index is 1110. The number of benzene rings is 2. The van der Waals surface area contributed by atoms with Gasteiger partial charge in [-0.15, -0.1) is 0 Å². The van der Waals surface area contributed by atoms with Gasteiger partial charge in [-0.1, -0.05) is 48.0 Å². The maximum absolute atomic E-state index is 12.7. The predicted octanol–water partition coefficient (Wildman–Crippen LogP) is 3.99. The molecular formula is C22H21N5O. The minimum Gasteiger partial charge on any atom is -0.305 e. The number of anilines is 1. The summed E-state index contributed by atoms with van der Waals surface area (Å²) in [5.74, 6) is 0.377. The fourth-order valence-corrected chi connectivity index (χ4v) is 3.14. The van der Waals surface area contributed by atoms with E-state index >= 15 is 0 Å². The fraction of sp³-hybridized carbons (Fsp3) is 0.136. The number of carbonyl (C=O) groups is 1. The molecule has 0 fully saturated rings. The second kappa shape index (κ2) is 7.52. The minimum absolute atomic E-state index is 0.260. The van der Waals surface area contributed by atoms with Crippen LogP contribution < -0.4 is 5.32 Å². The molecule has 1 N–H and O–H groups in total. The zero-order chi connectivity index (χ0) is 19.5. The standard InChI is InChI=1S/C22H21N5O/c1-16-7-6-8-18(13-16)15-26-21(11-12-23-26)24-22(28)20-14-17(2)27(25-20)19-9-4-3-5-10-19/h3-14H,15H2,1-2H3,(H,24,28). The Kier molecular flexibility index (Phi) is 4.76. The molecule has 1 amide bonds. The van der Waals surface area contributed by atoms with Gasteiger partial charge < -0.3 is 5.32 Å².